The summed E-state index contributed by atoms with van der Waals surface area (Å²) in [6.45, 7) is 5.34. The van der Waals surface area contributed by atoms with Crippen molar-refractivity contribution >= 4 is 23.2 Å². The highest BCUT2D eigenvalue weighted by atomic mass is 35.5. The molecule has 1 heterocycles. The molecule has 1 saturated heterocycles. The Bertz CT molecular complexity index is 373. The molecule has 0 aliphatic carbocycles. The van der Waals surface area contributed by atoms with Gasteiger partial charge in [0.1, 0.15) is 0 Å². The van der Waals surface area contributed by atoms with E-state index in [1.807, 2.05) is 12.1 Å². The van der Waals surface area contributed by atoms with E-state index >= 15 is 0 Å². The lowest BCUT2D eigenvalue weighted by Gasteiger charge is -2.28. The second-order valence-corrected chi connectivity index (χ2v) is 5.26. The number of hydrogen-bond acceptors (Lipinski definition) is 2. The van der Waals surface area contributed by atoms with Crippen molar-refractivity contribution in [2.45, 2.75) is 12.3 Å². The maximum atomic E-state index is 6.24. The van der Waals surface area contributed by atoms with E-state index in [9.17, 15) is 0 Å². The molecule has 1 N–H and O–H groups in total. The van der Waals surface area contributed by atoms with Crippen LogP contribution in [-0.2, 0) is 10.2 Å². The third-order valence-electron chi connectivity index (χ3n) is 2.94. The maximum Gasteiger partial charge on any atom is 0.0591 e. The highest BCUT2D eigenvalue weighted by Gasteiger charge is 2.30. The van der Waals surface area contributed by atoms with Gasteiger partial charge in [0, 0.05) is 28.5 Å². The second kappa shape index (κ2) is 4.92. The number of halogens is 2. The van der Waals surface area contributed by atoms with Gasteiger partial charge in [-0.15, -0.1) is 0 Å². The van der Waals surface area contributed by atoms with E-state index in [1.54, 1.807) is 6.07 Å². The van der Waals surface area contributed by atoms with Gasteiger partial charge in [-0.05, 0) is 17.7 Å². The Morgan fingerprint density at radius 3 is 2.94 bits per heavy atom. The van der Waals surface area contributed by atoms with Crippen LogP contribution < -0.4 is 5.32 Å². The summed E-state index contributed by atoms with van der Waals surface area (Å²) in [7, 11) is 0. The number of ether oxygens (including phenoxy) is 1. The minimum atomic E-state index is -0.0851. The predicted octanol–water partition coefficient (Wildman–Crippen LogP) is 2.87. The molecule has 1 aliphatic rings. The average molecular weight is 260 g/mol. The Labute approximate surface area is 106 Å². The molecule has 1 unspecified atom stereocenters. The molecule has 1 atom stereocenters. The van der Waals surface area contributed by atoms with Crippen molar-refractivity contribution in [2.24, 2.45) is 0 Å². The third-order valence-corrected chi connectivity index (χ3v) is 3.49. The van der Waals surface area contributed by atoms with Gasteiger partial charge < -0.3 is 10.1 Å². The zero-order chi connectivity index (χ0) is 11.6. The molecule has 0 aromatic heterocycles. The van der Waals surface area contributed by atoms with E-state index in [1.165, 1.54) is 0 Å². The van der Waals surface area contributed by atoms with Crippen molar-refractivity contribution < 1.29 is 4.74 Å². The van der Waals surface area contributed by atoms with Crippen LogP contribution in [0.2, 0.25) is 10.0 Å². The molecule has 0 saturated carbocycles. The topological polar surface area (TPSA) is 21.3 Å². The van der Waals surface area contributed by atoms with Crippen molar-refractivity contribution in [3.05, 3.63) is 33.8 Å². The van der Waals surface area contributed by atoms with E-state index < -0.39 is 0 Å². The molecule has 2 nitrogen and oxygen atoms in total. The van der Waals surface area contributed by atoms with E-state index in [-0.39, 0.29) is 5.41 Å². The van der Waals surface area contributed by atoms with Gasteiger partial charge in [0.05, 0.1) is 13.2 Å². The first-order valence-electron chi connectivity index (χ1n) is 5.36. The number of hydrogen-bond donors (Lipinski definition) is 1. The zero-order valence-corrected chi connectivity index (χ0v) is 10.7. The highest BCUT2D eigenvalue weighted by molar-refractivity contribution is 6.35. The average Bonchev–Trinajstić information content (AvgIpc) is 2.43. The number of nitrogens with one attached hydrogen (secondary N) is 1. The van der Waals surface area contributed by atoms with Gasteiger partial charge >= 0.3 is 0 Å². The molecule has 0 amide bonds. The lowest BCUT2D eigenvalue weighted by Crippen LogP contribution is -2.37. The summed E-state index contributed by atoms with van der Waals surface area (Å²) in [5.74, 6) is 0. The molecule has 88 valence electrons. The van der Waals surface area contributed by atoms with Crippen molar-refractivity contribution in [2.75, 3.05) is 26.3 Å². The fourth-order valence-corrected chi connectivity index (χ4v) is 2.65. The minimum Gasteiger partial charge on any atom is -0.379 e. The standard InChI is InChI=1S/C12H15Cl2NO/c1-12(7-15-4-5-16-8-12)10-3-2-9(13)6-11(10)14/h2-3,6,15H,4-5,7-8H2,1H3. The Kier molecular flexibility index (Phi) is 3.75. The van der Waals surface area contributed by atoms with Crippen molar-refractivity contribution in [1.82, 2.24) is 5.32 Å². The van der Waals surface area contributed by atoms with E-state index in [0.717, 1.165) is 25.3 Å². The third kappa shape index (κ3) is 2.51. The van der Waals surface area contributed by atoms with Gasteiger partial charge in [-0.2, -0.15) is 0 Å². The van der Waals surface area contributed by atoms with Crippen molar-refractivity contribution in [1.29, 1.82) is 0 Å². The molecular formula is C12H15Cl2NO. The van der Waals surface area contributed by atoms with Gasteiger partial charge in [-0.25, -0.2) is 0 Å². The molecule has 1 aromatic carbocycles. The molecule has 0 bridgehead atoms. The second-order valence-electron chi connectivity index (χ2n) is 4.41. The minimum absolute atomic E-state index is 0.0851. The molecule has 0 spiro atoms. The summed E-state index contributed by atoms with van der Waals surface area (Å²) in [5, 5.41) is 4.74. The van der Waals surface area contributed by atoms with E-state index in [2.05, 4.69) is 12.2 Å². The fourth-order valence-electron chi connectivity index (χ4n) is 2.01. The summed E-state index contributed by atoms with van der Waals surface area (Å²) in [4.78, 5) is 0. The molecule has 0 radical (unpaired) electrons. The van der Waals surface area contributed by atoms with Gasteiger partial charge in [0.15, 0.2) is 0 Å². The summed E-state index contributed by atoms with van der Waals surface area (Å²) >= 11 is 12.1. The Balaban J connectivity index is 2.33. The van der Waals surface area contributed by atoms with Crippen LogP contribution in [0.1, 0.15) is 12.5 Å². The molecule has 1 fully saturated rings. The van der Waals surface area contributed by atoms with Crippen LogP contribution in [0.15, 0.2) is 18.2 Å². The number of benzene rings is 1. The van der Waals surface area contributed by atoms with Crippen molar-refractivity contribution in [3.8, 4) is 0 Å². The molecular weight excluding hydrogens is 245 g/mol. The van der Waals surface area contributed by atoms with Crippen LogP contribution in [0.5, 0.6) is 0 Å². The Hall–Kier alpha value is -0.280. The summed E-state index contributed by atoms with van der Waals surface area (Å²) in [6.07, 6.45) is 0. The predicted molar refractivity (Wildman–Crippen MR) is 67.5 cm³/mol. The quantitative estimate of drug-likeness (QED) is 0.838. The van der Waals surface area contributed by atoms with Crippen LogP contribution in [0.25, 0.3) is 0 Å². The van der Waals surface area contributed by atoms with Crippen LogP contribution in [0.4, 0.5) is 0 Å². The summed E-state index contributed by atoms with van der Waals surface area (Å²) < 4.78 is 5.60. The zero-order valence-electron chi connectivity index (χ0n) is 9.22. The monoisotopic (exact) mass is 259 g/mol. The fraction of sp³-hybridized carbons (Fsp3) is 0.500. The largest absolute Gasteiger partial charge is 0.379 e. The molecule has 16 heavy (non-hydrogen) atoms. The van der Waals surface area contributed by atoms with Gasteiger partial charge in [-0.3, -0.25) is 0 Å². The lowest BCUT2D eigenvalue weighted by atomic mass is 9.83. The van der Waals surface area contributed by atoms with E-state index in [0.29, 0.717) is 16.7 Å². The van der Waals surface area contributed by atoms with Crippen LogP contribution in [0, 0.1) is 0 Å². The van der Waals surface area contributed by atoms with Gasteiger partial charge in [0.25, 0.3) is 0 Å². The molecule has 1 aromatic rings. The first-order valence-corrected chi connectivity index (χ1v) is 6.11. The van der Waals surface area contributed by atoms with Crippen molar-refractivity contribution in [3.63, 3.8) is 0 Å². The number of rotatable bonds is 1. The summed E-state index contributed by atoms with van der Waals surface area (Å²) in [6, 6.07) is 5.65. The normalized spacial score (nSPS) is 26.4. The van der Waals surface area contributed by atoms with Gasteiger partial charge in [-0.1, -0.05) is 36.2 Å². The highest BCUT2D eigenvalue weighted by Crippen LogP contribution is 2.32. The first-order chi connectivity index (χ1) is 7.62. The maximum absolute atomic E-state index is 6.24. The SMILES string of the molecule is CC1(c2ccc(Cl)cc2Cl)CNCCOC1. The van der Waals surface area contributed by atoms with Crippen LogP contribution in [0.3, 0.4) is 0 Å². The smallest absolute Gasteiger partial charge is 0.0591 e. The molecule has 4 heteroatoms. The van der Waals surface area contributed by atoms with Crippen LogP contribution >= 0.6 is 23.2 Å². The summed E-state index contributed by atoms with van der Waals surface area (Å²) in [5.41, 5.74) is 1.01. The van der Waals surface area contributed by atoms with Crippen LogP contribution in [-0.4, -0.2) is 26.3 Å². The lowest BCUT2D eigenvalue weighted by molar-refractivity contribution is 0.113. The molecule has 1 aliphatic heterocycles. The Morgan fingerprint density at radius 2 is 2.19 bits per heavy atom. The Morgan fingerprint density at radius 1 is 1.38 bits per heavy atom. The first kappa shape index (κ1) is 12.2. The molecule has 2 rings (SSSR count). The van der Waals surface area contributed by atoms with Gasteiger partial charge in [0.2, 0.25) is 0 Å². The van der Waals surface area contributed by atoms with E-state index in [4.69, 9.17) is 27.9 Å².